The zero-order valence-electron chi connectivity index (χ0n) is 10.6. The van der Waals surface area contributed by atoms with E-state index < -0.39 is 0 Å². The standard InChI is InChI=1S/C13H19NO3/c1-4-17-12-6-5-11(9-13(12)16-3)7-8-14-10(2)15/h5-6,9H,4,7-8H2,1-3H3,(H,14,15). The fourth-order valence-corrected chi connectivity index (χ4v) is 1.53. The third kappa shape index (κ3) is 4.34. The smallest absolute Gasteiger partial charge is 0.216 e. The van der Waals surface area contributed by atoms with Gasteiger partial charge in [-0.3, -0.25) is 4.79 Å². The van der Waals surface area contributed by atoms with E-state index in [1.807, 2.05) is 25.1 Å². The van der Waals surface area contributed by atoms with Gasteiger partial charge in [0.15, 0.2) is 11.5 Å². The molecule has 0 spiro atoms. The Bertz CT molecular complexity index is 377. The highest BCUT2D eigenvalue weighted by Gasteiger charge is 2.05. The molecule has 17 heavy (non-hydrogen) atoms. The lowest BCUT2D eigenvalue weighted by atomic mass is 10.1. The van der Waals surface area contributed by atoms with Crippen molar-refractivity contribution in [1.82, 2.24) is 5.32 Å². The van der Waals surface area contributed by atoms with Crippen molar-refractivity contribution in [3.63, 3.8) is 0 Å². The molecule has 0 aliphatic heterocycles. The number of amides is 1. The van der Waals surface area contributed by atoms with Crippen molar-refractivity contribution in [3.05, 3.63) is 23.8 Å². The minimum atomic E-state index is -0.0112. The van der Waals surface area contributed by atoms with Gasteiger partial charge in [0.2, 0.25) is 5.91 Å². The van der Waals surface area contributed by atoms with Gasteiger partial charge in [-0.15, -0.1) is 0 Å². The molecule has 0 heterocycles. The van der Waals surface area contributed by atoms with Gasteiger partial charge in [-0.2, -0.15) is 0 Å². The molecule has 1 rings (SSSR count). The Labute approximate surface area is 102 Å². The van der Waals surface area contributed by atoms with E-state index in [0.29, 0.717) is 13.2 Å². The van der Waals surface area contributed by atoms with Gasteiger partial charge in [0.25, 0.3) is 0 Å². The van der Waals surface area contributed by atoms with Crippen LogP contribution in [0.4, 0.5) is 0 Å². The third-order valence-electron chi connectivity index (χ3n) is 2.32. The highest BCUT2D eigenvalue weighted by Crippen LogP contribution is 2.28. The van der Waals surface area contributed by atoms with Crippen LogP contribution in [0.3, 0.4) is 0 Å². The van der Waals surface area contributed by atoms with E-state index in [9.17, 15) is 4.79 Å². The largest absolute Gasteiger partial charge is 0.493 e. The van der Waals surface area contributed by atoms with Crippen LogP contribution in [0.1, 0.15) is 19.4 Å². The Kier molecular flexibility index (Phi) is 5.33. The van der Waals surface area contributed by atoms with Gasteiger partial charge in [-0.1, -0.05) is 6.07 Å². The molecule has 0 atom stereocenters. The summed E-state index contributed by atoms with van der Waals surface area (Å²) in [5.74, 6) is 1.47. The Morgan fingerprint density at radius 2 is 2.12 bits per heavy atom. The van der Waals surface area contributed by atoms with Gasteiger partial charge in [0.05, 0.1) is 13.7 Å². The summed E-state index contributed by atoms with van der Waals surface area (Å²) in [5.41, 5.74) is 1.11. The Hall–Kier alpha value is -1.71. The van der Waals surface area contributed by atoms with Crippen molar-refractivity contribution in [2.45, 2.75) is 20.3 Å². The van der Waals surface area contributed by atoms with Gasteiger partial charge in [0, 0.05) is 13.5 Å². The summed E-state index contributed by atoms with van der Waals surface area (Å²) in [5, 5.41) is 2.76. The number of carbonyl (C=O) groups excluding carboxylic acids is 1. The first-order chi connectivity index (χ1) is 8.17. The zero-order valence-corrected chi connectivity index (χ0v) is 10.6. The monoisotopic (exact) mass is 237 g/mol. The molecule has 1 aromatic carbocycles. The summed E-state index contributed by atoms with van der Waals surface area (Å²) in [7, 11) is 1.62. The van der Waals surface area contributed by atoms with Gasteiger partial charge < -0.3 is 14.8 Å². The molecule has 0 saturated carbocycles. The number of benzene rings is 1. The van der Waals surface area contributed by atoms with Gasteiger partial charge in [-0.25, -0.2) is 0 Å². The second-order valence-corrected chi connectivity index (χ2v) is 3.65. The normalized spacial score (nSPS) is 9.82. The molecular weight excluding hydrogens is 218 g/mol. The van der Waals surface area contributed by atoms with Crippen molar-refractivity contribution in [2.75, 3.05) is 20.3 Å². The molecule has 94 valence electrons. The van der Waals surface area contributed by atoms with Gasteiger partial charge in [-0.05, 0) is 31.0 Å². The molecular formula is C13H19NO3. The Morgan fingerprint density at radius 1 is 1.35 bits per heavy atom. The molecule has 0 radical (unpaired) electrons. The second kappa shape index (κ2) is 6.78. The zero-order chi connectivity index (χ0) is 12.7. The van der Waals surface area contributed by atoms with Gasteiger partial charge >= 0.3 is 0 Å². The fourth-order valence-electron chi connectivity index (χ4n) is 1.53. The fraction of sp³-hybridized carbons (Fsp3) is 0.462. The summed E-state index contributed by atoms with van der Waals surface area (Å²) in [4.78, 5) is 10.7. The summed E-state index contributed by atoms with van der Waals surface area (Å²) in [6, 6.07) is 5.81. The lowest BCUT2D eigenvalue weighted by Crippen LogP contribution is -2.22. The molecule has 0 aliphatic rings. The first kappa shape index (κ1) is 13.4. The van der Waals surface area contributed by atoms with E-state index in [-0.39, 0.29) is 5.91 Å². The summed E-state index contributed by atoms with van der Waals surface area (Å²) < 4.78 is 10.7. The molecule has 0 unspecified atom stereocenters. The minimum Gasteiger partial charge on any atom is -0.493 e. The van der Waals surface area contributed by atoms with Crippen LogP contribution in [0.25, 0.3) is 0 Å². The number of methoxy groups -OCH3 is 1. The molecule has 0 bridgehead atoms. The SMILES string of the molecule is CCOc1ccc(CCNC(C)=O)cc1OC. The van der Waals surface area contributed by atoms with Crippen molar-refractivity contribution in [1.29, 1.82) is 0 Å². The maximum absolute atomic E-state index is 10.7. The molecule has 0 aromatic heterocycles. The van der Waals surface area contributed by atoms with Crippen LogP contribution in [0.5, 0.6) is 11.5 Å². The molecule has 1 N–H and O–H groups in total. The van der Waals surface area contributed by atoms with Gasteiger partial charge in [0.1, 0.15) is 0 Å². The van der Waals surface area contributed by atoms with E-state index in [4.69, 9.17) is 9.47 Å². The summed E-state index contributed by atoms with van der Waals surface area (Å²) in [6.45, 7) is 4.69. The maximum Gasteiger partial charge on any atom is 0.216 e. The van der Waals surface area contributed by atoms with Crippen molar-refractivity contribution in [3.8, 4) is 11.5 Å². The second-order valence-electron chi connectivity index (χ2n) is 3.65. The van der Waals surface area contributed by atoms with E-state index in [2.05, 4.69) is 5.32 Å². The molecule has 0 fully saturated rings. The predicted octanol–water partition coefficient (Wildman–Crippen LogP) is 1.77. The van der Waals surface area contributed by atoms with Crippen LogP contribution in [-0.2, 0) is 11.2 Å². The van der Waals surface area contributed by atoms with Crippen LogP contribution in [-0.4, -0.2) is 26.2 Å². The van der Waals surface area contributed by atoms with Crippen molar-refractivity contribution in [2.24, 2.45) is 0 Å². The minimum absolute atomic E-state index is 0.0112. The van der Waals surface area contributed by atoms with Crippen LogP contribution in [0, 0.1) is 0 Å². The van der Waals surface area contributed by atoms with Crippen LogP contribution >= 0.6 is 0 Å². The van der Waals surface area contributed by atoms with Crippen LogP contribution in [0.15, 0.2) is 18.2 Å². The molecule has 1 aromatic rings. The van der Waals surface area contributed by atoms with Crippen LogP contribution in [0.2, 0.25) is 0 Å². The number of hydrogen-bond donors (Lipinski definition) is 1. The third-order valence-corrected chi connectivity index (χ3v) is 2.32. The Morgan fingerprint density at radius 3 is 2.71 bits per heavy atom. The predicted molar refractivity (Wildman–Crippen MR) is 66.6 cm³/mol. The van der Waals surface area contributed by atoms with Crippen LogP contribution < -0.4 is 14.8 Å². The molecule has 0 aliphatic carbocycles. The lowest BCUT2D eigenvalue weighted by Gasteiger charge is -2.11. The van der Waals surface area contributed by atoms with Crippen molar-refractivity contribution >= 4 is 5.91 Å². The van der Waals surface area contributed by atoms with E-state index in [0.717, 1.165) is 23.5 Å². The summed E-state index contributed by atoms with van der Waals surface area (Å²) >= 11 is 0. The number of nitrogens with one attached hydrogen (secondary N) is 1. The molecule has 1 amide bonds. The first-order valence-electron chi connectivity index (χ1n) is 5.71. The van der Waals surface area contributed by atoms with E-state index >= 15 is 0 Å². The maximum atomic E-state index is 10.7. The van der Waals surface area contributed by atoms with Crippen molar-refractivity contribution < 1.29 is 14.3 Å². The molecule has 0 saturated heterocycles. The number of carbonyl (C=O) groups is 1. The first-order valence-corrected chi connectivity index (χ1v) is 5.71. The molecule has 4 nitrogen and oxygen atoms in total. The van der Waals surface area contributed by atoms with E-state index in [1.54, 1.807) is 7.11 Å². The summed E-state index contributed by atoms with van der Waals surface area (Å²) in [6.07, 6.45) is 0.780. The average Bonchev–Trinajstić information content (AvgIpc) is 2.30. The van der Waals surface area contributed by atoms with E-state index in [1.165, 1.54) is 6.92 Å². The highest BCUT2D eigenvalue weighted by molar-refractivity contribution is 5.72. The lowest BCUT2D eigenvalue weighted by molar-refractivity contribution is -0.118. The topological polar surface area (TPSA) is 47.6 Å². The number of hydrogen-bond acceptors (Lipinski definition) is 3. The average molecular weight is 237 g/mol. The highest BCUT2D eigenvalue weighted by atomic mass is 16.5. The molecule has 4 heteroatoms. The number of rotatable bonds is 6. The quantitative estimate of drug-likeness (QED) is 0.820. The number of ether oxygens (including phenoxy) is 2. The Balaban J connectivity index is 2.65.